The molecular formula is C12H14N2. The highest BCUT2D eigenvalue weighted by atomic mass is 15.0. The minimum absolute atomic E-state index is 0.825. The first-order valence-corrected chi connectivity index (χ1v) is 4.83. The molecule has 0 aliphatic carbocycles. The summed E-state index contributed by atoms with van der Waals surface area (Å²) in [7, 11) is 0. The summed E-state index contributed by atoms with van der Waals surface area (Å²) < 4.78 is 2.11. The van der Waals surface area contributed by atoms with Crippen LogP contribution in [0.3, 0.4) is 0 Å². The number of aromatic nitrogens is 1. The van der Waals surface area contributed by atoms with Crippen LogP contribution in [-0.2, 0) is 6.54 Å². The summed E-state index contributed by atoms with van der Waals surface area (Å²) in [5.41, 5.74) is 8.25. The van der Waals surface area contributed by atoms with Gasteiger partial charge in [0.15, 0.2) is 0 Å². The lowest BCUT2D eigenvalue weighted by atomic mass is 10.1. The Kier molecular flexibility index (Phi) is 2.27. The third kappa shape index (κ3) is 1.39. The van der Waals surface area contributed by atoms with E-state index in [2.05, 4.69) is 29.7 Å². The smallest absolute Gasteiger partial charge is 0.103 e. The van der Waals surface area contributed by atoms with Crippen LogP contribution in [0.1, 0.15) is 6.92 Å². The van der Waals surface area contributed by atoms with Crippen molar-refractivity contribution in [3.8, 4) is 11.3 Å². The van der Waals surface area contributed by atoms with E-state index in [9.17, 15) is 0 Å². The van der Waals surface area contributed by atoms with Gasteiger partial charge < -0.3 is 10.3 Å². The monoisotopic (exact) mass is 186 g/mol. The maximum Gasteiger partial charge on any atom is 0.103 e. The Morgan fingerprint density at radius 2 is 1.79 bits per heavy atom. The molecule has 0 aliphatic heterocycles. The summed E-state index contributed by atoms with van der Waals surface area (Å²) in [5, 5.41) is 0. The molecule has 2 rings (SSSR count). The lowest BCUT2D eigenvalue weighted by Gasteiger charge is -2.08. The number of nitrogen functional groups attached to an aromatic ring is 1. The molecule has 2 heteroatoms. The molecule has 0 spiro atoms. The van der Waals surface area contributed by atoms with Crippen LogP contribution in [0.25, 0.3) is 11.3 Å². The van der Waals surface area contributed by atoms with Crippen molar-refractivity contribution >= 4 is 5.82 Å². The summed E-state index contributed by atoms with van der Waals surface area (Å²) in [6, 6.07) is 14.3. The molecule has 0 bridgehead atoms. The van der Waals surface area contributed by atoms with Crippen molar-refractivity contribution < 1.29 is 0 Å². The Labute approximate surface area is 84.0 Å². The molecule has 2 N–H and O–H groups in total. The van der Waals surface area contributed by atoms with Crippen LogP contribution in [0.4, 0.5) is 5.82 Å². The summed E-state index contributed by atoms with van der Waals surface area (Å²) in [6.07, 6.45) is 0. The van der Waals surface area contributed by atoms with E-state index in [-0.39, 0.29) is 0 Å². The SMILES string of the molecule is CCn1c(N)ccc1-c1ccccc1. The third-order valence-electron chi connectivity index (χ3n) is 2.40. The molecule has 1 aromatic carbocycles. The molecule has 0 unspecified atom stereocenters. The van der Waals surface area contributed by atoms with Crippen molar-refractivity contribution in [2.45, 2.75) is 13.5 Å². The second kappa shape index (κ2) is 3.58. The molecule has 0 saturated carbocycles. The predicted octanol–water partition coefficient (Wildman–Crippen LogP) is 2.76. The van der Waals surface area contributed by atoms with Crippen molar-refractivity contribution in [3.63, 3.8) is 0 Å². The Balaban J connectivity index is 2.52. The van der Waals surface area contributed by atoms with Gasteiger partial charge in [-0.2, -0.15) is 0 Å². The summed E-state index contributed by atoms with van der Waals surface area (Å²) in [6.45, 7) is 3.01. The molecule has 1 aromatic heterocycles. The van der Waals surface area contributed by atoms with E-state index >= 15 is 0 Å². The standard InChI is InChI=1S/C12H14N2/c1-2-14-11(8-9-12(14)13)10-6-4-3-5-7-10/h3-9H,2,13H2,1H3. The van der Waals surface area contributed by atoms with Crippen molar-refractivity contribution in [2.24, 2.45) is 0 Å². The Hall–Kier alpha value is -1.70. The highest BCUT2D eigenvalue weighted by Gasteiger charge is 2.04. The number of nitrogens with zero attached hydrogens (tertiary/aromatic N) is 1. The Morgan fingerprint density at radius 3 is 2.43 bits per heavy atom. The Morgan fingerprint density at radius 1 is 1.07 bits per heavy atom. The lowest BCUT2D eigenvalue weighted by molar-refractivity contribution is 0.788. The van der Waals surface area contributed by atoms with E-state index in [1.807, 2.05) is 24.3 Å². The van der Waals surface area contributed by atoms with E-state index in [0.717, 1.165) is 12.4 Å². The first kappa shape index (κ1) is 8.88. The first-order chi connectivity index (χ1) is 6.83. The summed E-state index contributed by atoms with van der Waals surface area (Å²) in [4.78, 5) is 0. The predicted molar refractivity (Wildman–Crippen MR) is 60.0 cm³/mol. The summed E-state index contributed by atoms with van der Waals surface area (Å²) in [5.74, 6) is 0.825. The molecule has 0 radical (unpaired) electrons. The lowest BCUT2D eigenvalue weighted by Crippen LogP contribution is -2.01. The van der Waals surface area contributed by atoms with Crippen LogP contribution in [0.15, 0.2) is 42.5 Å². The van der Waals surface area contributed by atoms with Gasteiger partial charge in [0.05, 0.1) is 0 Å². The molecule has 2 nitrogen and oxygen atoms in total. The first-order valence-electron chi connectivity index (χ1n) is 4.83. The number of hydrogen-bond acceptors (Lipinski definition) is 1. The van der Waals surface area contributed by atoms with Gasteiger partial charge in [0.2, 0.25) is 0 Å². The quantitative estimate of drug-likeness (QED) is 0.768. The Bertz CT molecular complexity index is 415. The third-order valence-corrected chi connectivity index (χ3v) is 2.40. The summed E-state index contributed by atoms with van der Waals surface area (Å²) >= 11 is 0. The molecule has 0 aliphatic rings. The average molecular weight is 186 g/mol. The van der Waals surface area contributed by atoms with Gasteiger partial charge in [-0.05, 0) is 24.6 Å². The maximum atomic E-state index is 5.85. The number of nitrogens with two attached hydrogens (primary N) is 1. The second-order valence-corrected chi connectivity index (χ2v) is 3.25. The minimum Gasteiger partial charge on any atom is -0.385 e. The fraction of sp³-hybridized carbons (Fsp3) is 0.167. The van der Waals surface area contributed by atoms with Crippen molar-refractivity contribution in [3.05, 3.63) is 42.5 Å². The fourth-order valence-corrected chi connectivity index (χ4v) is 1.70. The van der Waals surface area contributed by atoms with Gasteiger partial charge in [-0.15, -0.1) is 0 Å². The van der Waals surface area contributed by atoms with Crippen LogP contribution in [0.5, 0.6) is 0 Å². The van der Waals surface area contributed by atoms with E-state index in [1.165, 1.54) is 11.3 Å². The molecule has 0 fully saturated rings. The van der Waals surface area contributed by atoms with Crippen LogP contribution < -0.4 is 5.73 Å². The van der Waals surface area contributed by atoms with Crippen LogP contribution in [0.2, 0.25) is 0 Å². The largest absolute Gasteiger partial charge is 0.385 e. The van der Waals surface area contributed by atoms with Gasteiger partial charge in [0.1, 0.15) is 5.82 Å². The van der Waals surface area contributed by atoms with E-state index in [1.54, 1.807) is 0 Å². The fourth-order valence-electron chi connectivity index (χ4n) is 1.70. The van der Waals surface area contributed by atoms with Gasteiger partial charge in [-0.3, -0.25) is 0 Å². The molecule has 1 heterocycles. The van der Waals surface area contributed by atoms with Crippen molar-refractivity contribution in [1.29, 1.82) is 0 Å². The molecule has 0 atom stereocenters. The molecule has 14 heavy (non-hydrogen) atoms. The molecule has 0 amide bonds. The number of anilines is 1. The molecule has 0 saturated heterocycles. The van der Waals surface area contributed by atoms with E-state index in [0.29, 0.717) is 0 Å². The van der Waals surface area contributed by atoms with Crippen LogP contribution >= 0.6 is 0 Å². The average Bonchev–Trinajstić information content (AvgIpc) is 2.61. The number of benzene rings is 1. The maximum absolute atomic E-state index is 5.85. The van der Waals surface area contributed by atoms with Gasteiger partial charge in [-0.25, -0.2) is 0 Å². The van der Waals surface area contributed by atoms with Gasteiger partial charge in [-0.1, -0.05) is 30.3 Å². The topological polar surface area (TPSA) is 30.9 Å². The van der Waals surface area contributed by atoms with Gasteiger partial charge >= 0.3 is 0 Å². The molecule has 2 aromatic rings. The zero-order chi connectivity index (χ0) is 9.97. The van der Waals surface area contributed by atoms with Gasteiger partial charge in [0.25, 0.3) is 0 Å². The number of hydrogen-bond donors (Lipinski definition) is 1. The second-order valence-electron chi connectivity index (χ2n) is 3.25. The van der Waals surface area contributed by atoms with Crippen LogP contribution in [0, 0.1) is 0 Å². The molecular weight excluding hydrogens is 172 g/mol. The zero-order valence-electron chi connectivity index (χ0n) is 8.27. The van der Waals surface area contributed by atoms with Gasteiger partial charge in [0, 0.05) is 12.2 Å². The van der Waals surface area contributed by atoms with Crippen LogP contribution in [-0.4, -0.2) is 4.57 Å². The van der Waals surface area contributed by atoms with E-state index in [4.69, 9.17) is 5.73 Å². The highest BCUT2D eigenvalue weighted by molar-refractivity contribution is 5.63. The highest BCUT2D eigenvalue weighted by Crippen LogP contribution is 2.23. The van der Waals surface area contributed by atoms with E-state index < -0.39 is 0 Å². The zero-order valence-corrected chi connectivity index (χ0v) is 8.27. The van der Waals surface area contributed by atoms with Crippen molar-refractivity contribution in [2.75, 3.05) is 5.73 Å². The molecule has 72 valence electrons. The van der Waals surface area contributed by atoms with Crippen molar-refractivity contribution in [1.82, 2.24) is 4.57 Å². The normalized spacial score (nSPS) is 10.4. The minimum atomic E-state index is 0.825. The number of rotatable bonds is 2.